The highest BCUT2D eigenvalue weighted by Crippen LogP contribution is 2.29. The molecule has 0 aliphatic carbocycles. The van der Waals surface area contributed by atoms with E-state index in [0.717, 1.165) is 5.92 Å². The Balaban J connectivity index is 3.62. The van der Waals surface area contributed by atoms with E-state index < -0.39 is 0 Å². The Labute approximate surface area is 546 Å². The zero-order chi connectivity index (χ0) is 62.2. The van der Waals surface area contributed by atoms with Gasteiger partial charge in [0.25, 0.3) is 0 Å². The largest absolute Gasteiger partial charge is 0.462 e. The van der Waals surface area contributed by atoms with Crippen molar-refractivity contribution in [1.29, 1.82) is 0 Å². The number of carbonyl (C=O) groups excluding carboxylic acids is 1. The molecule has 0 N–H and O–H groups in total. The maximum Gasteiger partial charge on any atom is 0.333 e. The lowest BCUT2D eigenvalue weighted by Gasteiger charge is -2.25. The minimum atomic E-state index is -0.210. The number of esters is 1. The zero-order valence-electron chi connectivity index (χ0n) is 60.9. The number of rotatable bonds is 77. The van der Waals surface area contributed by atoms with E-state index in [1.807, 2.05) is 0 Å². The van der Waals surface area contributed by atoms with E-state index in [1.54, 1.807) is 6.92 Å². The maximum absolute atomic E-state index is 12.4. The van der Waals surface area contributed by atoms with Crippen LogP contribution in [-0.4, -0.2) is 12.6 Å². The van der Waals surface area contributed by atoms with Crippen molar-refractivity contribution >= 4 is 5.97 Å². The molecule has 3 unspecified atom stereocenters. The van der Waals surface area contributed by atoms with Crippen LogP contribution < -0.4 is 0 Å². The molecule has 2 nitrogen and oxygen atoms in total. The molecule has 0 bridgehead atoms. The van der Waals surface area contributed by atoms with Gasteiger partial charge >= 0.3 is 5.97 Å². The Bertz CT molecular complexity index is 1250. The molecule has 86 heavy (non-hydrogen) atoms. The Kier molecular flexibility index (Phi) is 74.2. The quantitative estimate of drug-likeness (QED) is 0.0345. The second-order valence-electron chi connectivity index (χ2n) is 29.7. The van der Waals surface area contributed by atoms with Crippen molar-refractivity contribution in [2.24, 2.45) is 17.8 Å². The summed E-state index contributed by atoms with van der Waals surface area (Å²) in [5, 5.41) is 0. The first-order valence-electron chi connectivity index (χ1n) is 41.2. The second kappa shape index (κ2) is 74.9. The van der Waals surface area contributed by atoms with E-state index in [2.05, 4.69) is 34.3 Å². The second-order valence-corrected chi connectivity index (χ2v) is 29.7. The summed E-state index contributed by atoms with van der Waals surface area (Å²) in [6, 6.07) is 0. The molecule has 2 heteroatoms. The lowest BCUT2D eigenvalue weighted by Crippen LogP contribution is -2.21. The van der Waals surface area contributed by atoms with E-state index in [4.69, 9.17) is 4.74 Å². The first-order chi connectivity index (χ1) is 42.4. The van der Waals surface area contributed by atoms with Gasteiger partial charge in [-0.05, 0) is 31.1 Å². The minimum Gasteiger partial charge on any atom is -0.462 e. The molecule has 0 aromatic rings. The fourth-order valence-electron chi connectivity index (χ4n) is 14.1. The monoisotopic (exact) mass is 1210 g/mol. The van der Waals surface area contributed by atoms with Crippen LogP contribution in [-0.2, 0) is 9.53 Å². The summed E-state index contributed by atoms with van der Waals surface area (Å²) in [6.07, 6.45) is 104. The molecule has 3 atom stereocenters. The summed E-state index contributed by atoms with van der Waals surface area (Å²) in [4.78, 5) is 12.4. The van der Waals surface area contributed by atoms with Crippen molar-refractivity contribution in [3.63, 3.8) is 0 Å². The van der Waals surface area contributed by atoms with Gasteiger partial charge in [0.2, 0.25) is 0 Å². The van der Waals surface area contributed by atoms with Gasteiger partial charge in [0.1, 0.15) is 0 Å². The summed E-state index contributed by atoms with van der Waals surface area (Å²) < 4.78 is 5.78. The summed E-state index contributed by atoms with van der Waals surface area (Å²) in [5.41, 5.74) is 0.526. The highest BCUT2D eigenvalue weighted by molar-refractivity contribution is 5.86. The molecular weight excluding hydrogens is 1040 g/mol. The lowest BCUT2D eigenvalue weighted by atomic mass is 9.83. The highest BCUT2D eigenvalue weighted by atomic mass is 16.5. The highest BCUT2D eigenvalue weighted by Gasteiger charge is 2.21. The third-order valence-corrected chi connectivity index (χ3v) is 20.7. The van der Waals surface area contributed by atoms with E-state index >= 15 is 0 Å². The van der Waals surface area contributed by atoms with Gasteiger partial charge in [-0.1, -0.05) is 490 Å². The van der Waals surface area contributed by atoms with E-state index in [-0.39, 0.29) is 5.97 Å². The molecular formula is C84H166O2. The number of carbonyl (C=O) groups is 1. The van der Waals surface area contributed by atoms with Crippen LogP contribution in [0.15, 0.2) is 12.2 Å². The Morgan fingerprint density at radius 2 is 0.430 bits per heavy atom. The number of hydrogen-bond donors (Lipinski definition) is 0. The summed E-state index contributed by atoms with van der Waals surface area (Å²) in [7, 11) is 0. The van der Waals surface area contributed by atoms with Crippen molar-refractivity contribution in [3.8, 4) is 0 Å². The van der Waals surface area contributed by atoms with Crippen molar-refractivity contribution in [2.45, 2.75) is 497 Å². The Hall–Kier alpha value is -0.790. The van der Waals surface area contributed by atoms with Crippen molar-refractivity contribution in [2.75, 3.05) is 6.61 Å². The normalized spacial score (nSPS) is 12.8. The molecule has 0 saturated carbocycles. The molecule has 514 valence electrons. The summed E-state index contributed by atoms with van der Waals surface area (Å²) in [6.45, 7) is 15.7. The average Bonchev–Trinajstić information content (AvgIpc) is 3.63. The number of hydrogen-bond acceptors (Lipinski definition) is 2. The molecule has 0 aromatic heterocycles. The molecule has 0 aliphatic heterocycles. The number of unbranched alkanes of at least 4 members (excludes halogenated alkanes) is 66. The SMILES string of the molecule is C=C(C)C(=O)OCC(CCC(C)CCCCCCCCCCCCCCCCCCCCCCCCCCCCCCCCCCCC)C(C)CCCCCCCCCCCCCCCCCCCCCCCCCCCCCCCCCCCC. The van der Waals surface area contributed by atoms with Crippen molar-refractivity contribution in [3.05, 3.63) is 12.2 Å². The predicted molar refractivity (Wildman–Crippen MR) is 391 cm³/mol. The predicted octanol–water partition coefficient (Wildman–Crippen LogP) is 31.1. The summed E-state index contributed by atoms with van der Waals surface area (Å²) >= 11 is 0. The van der Waals surface area contributed by atoms with Crippen molar-refractivity contribution < 1.29 is 9.53 Å². The van der Waals surface area contributed by atoms with Crippen LogP contribution in [0.4, 0.5) is 0 Å². The van der Waals surface area contributed by atoms with Gasteiger partial charge in [-0.3, -0.25) is 0 Å². The lowest BCUT2D eigenvalue weighted by molar-refractivity contribution is -0.141. The van der Waals surface area contributed by atoms with Crippen LogP contribution in [0.2, 0.25) is 0 Å². The topological polar surface area (TPSA) is 26.3 Å². The molecule has 0 spiro atoms. The van der Waals surface area contributed by atoms with E-state index in [1.165, 1.54) is 462 Å². The molecule has 0 fully saturated rings. The van der Waals surface area contributed by atoms with Gasteiger partial charge in [-0.25, -0.2) is 4.79 Å². The third-order valence-electron chi connectivity index (χ3n) is 20.7. The van der Waals surface area contributed by atoms with Crippen LogP contribution in [0.3, 0.4) is 0 Å². The molecule has 0 rings (SSSR count). The Morgan fingerprint density at radius 3 is 0.616 bits per heavy atom. The maximum atomic E-state index is 12.4. The van der Waals surface area contributed by atoms with Crippen LogP contribution in [0.5, 0.6) is 0 Å². The smallest absolute Gasteiger partial charge is 0.333 e. The fraction of sp³-hybridized carbons (Fsp3) is 0.964. The Morgan fingerprint density at radius 1 is 0.256 bits per heavy atom. The average molecular weight is 1210 g/mol. The van der Waals surface area contributed by atoms with Gasteiger partial charge in [0, 0.05) is 5.57 Å². The summed E-state index contributed by atoms with van der Waals surface area (Å²) in [5.74, 6) is 1.63. The molecule has 0 amide bonds. The first-order valence-corrected chi connectivity index (χ1v) is 41.2. The van der Waals surface area contributed by atoms with Gasteiger partial charge in [0.05, 0.1) is 6.61 Å². The molecule has 0 heterocycles. The van der Waals surface area contributed by atoms with Crippen LogP contribution >= 0.6 is 0 Å². The van der Waals surface area contributed by atoms with Crippen LogP contribution in [0.25, 0.3) is 0 Å². The first kappa shape index (κ1) is 85.2. The van der Waals surface area contributed by atoms with E-state index in [0.29, 0.717) is 24.0 Å². The van der Waals surface area contributed by atoms with Gasteiger partial charge in [-0.15, -0.1) is 0 Å². The van der Waals surface area contributed by atoms with Gasteiger partial charge in [-0.2, -0.15) is 0 Å². The standard InChI is InChI=1S/C84H166O2/c1-7-9-11-13-15-17-19-21-23-25-27-29-31-33-35-37-39-41-43-45-47-49-51-53-55-57-59-61-63-65-67-69-71-73-75-81(5)77-78-83(79-86-84(85)80(3)4)82(6)76-74-72-70-68-66-64-62-60-58-56-54-52-50-48-46-44-42-40-38-36-34-32-30-28-26-24-22-20-18-16-14-12-10-8-2/h81-83H,3,7-79H2,1-2,4-6H3. The molecule has 0 aromatic carbocycles. The molecule has 0 radical (unpaired) electrons. The minimum absolute atomic E-state index is 0.210. The number of ether oxygens (including phenoxy) is 1. The zero-order valence-corrected chi connectivity index (χ0v) is 60.9. The molecule has 0 saturated heterocycles. The van der Waals surface area contributed by atoms with Crippen molar-refractivity contribution in [1.82, 2.24) is 0 Å². The fourth-order valence-corrected chi connectivity index (χ4v) is 14.1. The van der Waals surface area contributed by atoms with Crippen LogP contribution in [0, 0.1) is 17.8 Å². The van der Waals surface area contributed by atoms with E-state index in [9.17, 15) is 4.79 Å². The van der Waals surface area contributed by atoms with Gasteiger partial charge in [0.15, 0.2) is 0 Å². The molecule has 0 aliphatic rings. The third kappa shape index (κ3) is 70.7. The van der Waals surface area contributed by atoms with Gasteiger partial charge < -0.3 is 4.74 Å². The van der Waals surface area contributed by atoms with Crippen LogP contribution in [0.1, 0.15) is 497 Å².